The molecular formula is C28H22ClN3O4. The molecule has 0 saturated heterocycles. The van der Waals surface area contributed by atoms with Crippen molar-refractivity contribution in [2.45, 2.75) is 6.92 Å². The summed E-state index contributed by atoms with van der Waals surface area (Å²) >= 11 is 6.47. The van der Waals surface area contributed by atoms with E-state index in [2.05, 4.69) is 11.7 Å². The van der Waals surface area contributed by atoms with Crippen molar-refractivity contribution in [1.29, 1.82) is 0 Å². The maximum absolute atomic E-state index is 13.5. The summed E-state index contributed by atoms with van der Waals surface area (Å²) in [5, 5.41) is 6.18. The van der Waals surface area contributed by atoms with Crippen LogP contribution in [0.5, 0.6) is 11.5 Å². The third-order valence-electron chi connectivity index (χ3n) is 5.40. The number of nitrogens with zero attached hydrogens (tertiary/aromatic N) is 3. The van der Waals surface area contributed by atoms with Crippen LogP contribution in [-0.2, 0) is 0 Å². The van der Waals surface area contributed by atoms with Crippen molar-refractivity contribution in [3.05, 3.63) is 100 Å². The van der Waals surface area contributed by atoms with E-state index in [1.165, 1.54) is 10.9 Å². The Morgan fingerprint density at radius 1 is 1.11 bits per heavy atom. The van der Waals surface area contributed by atoms with Gasteiger partial charge in [-0.1, -0.05) is 54.6 Å². The molecule has 0 radical (unpaired) electrons. The van der Waals surface area contributed by atoms with Gasteiger partial charge in [-0.15, -0.1) is 0 Å². The highest BCUT2D eigenvalue weighted by atomic mass is 35.5. The molecule has 3 aromatic carbocycles. The Hall–Kier alpha value is -4.36. The highest BCUT2D eigenvalue weighted by Crippen LogP contribution is 2.36. The Morgan fingerprint density at radius 3 is 2.72 bits per heavy atom. The van der Waals surface area contributed by atoms with Crippen LogP contribution in [0.4, 0.5) is 0 Å². The first-order valence-electron chi connectivity index (χ1n) is 11.3. The molecule has 2 heterocycles. The van der Waals surface area contributed by atoms with Crippen molar-refractivity contribution in [2.75, 3.05) is 13.2 Å². The van der Waals surface area contributed by atoms with Gasteiger partial charge in [-0.25, -0.2) is 4.98 Å². The second-order valence-corrected chi connectivity index (χ2v) is 8.23. The van der Waals surface area contributed by atoms with Gasteiger partial charge >= 0.3 is 0 Å². The van der Waals surface area contributed by atoms with Crippen LogP contribution < -0.4 is 15.0 Å². The lowest BCUT2D eigenvalue weighted by atomic mass is 10.2. The van der Waals surface area contributed by atoms with E-state index in [4.69, 9.17) is 30.5 Å². The normalized spacial score (nSPS) is 11.4. The zero-order chi connectivity index (χ0) is 25.1. The lowest BCUT2D eigenvalue weighted by Gasteiger charge is -2.13. The van der Waals surface area contributed by atoms with Crippen LogP contribution in [0.1, 0.15) is 12.5 Å². The SMILES string of the molecule is C=CCOc1c(Cl)cc(C=Nn2c(-c3cc4ccccc4o3)nc3ccccc3c2=O)cc1OCC. The van der Waals surface area contributed by atoms with Crippen LogP contribution >= 0.6 is 11.6 Å². The van der Waals surface area contributed by atoms with Gasteiger partial charge in [0.05, 0.1) is 28.7 Å². The fourth-order valence-corrected chi connectivity index (χ4v) is 4.09. The van der Waals surface area contributed by atoms with Gasteiger partial charge in [-0.2, -0.15) is 9.78 Å². The lowest BCUT2D eigenvalue weighted by Crippen LogP contribution is -2.20. The lowest BCUT2D eigenvalue weighted by molar-refractivity contribution is 0.297. The van der Waals surface area contributed by atoms with Gasteiger partial charge in [-0.05, 0) is 48.9 Å². The molecule has 8 heteroatoms. The Morgan fingerprint density at radius 2 is 1.92 bits per heavy atom. The molecule has 0 saturated carbocycles. The number of halogens is 1. The summed E-state index contributed by atoms with van der Waals surface area (Å²) in [6.45, 7) is 6.24. The average Bonchev–Trinajstić information content (AvgIpc) is 3.32. The fraction of sp³-hybridized carbons (Fsp3) is 0.107. The Bertz CT molecular complexity index is 1640. The number of furan rings is 1. The van der Waals surface area contributed by atoms with E-state index in [1.54, 1.807) is 36.4 Å². The minimum Gasteiger partial charge on any atom is -0.490 e. The van der Waals surface area contributed by atoms with Crippen molar-refractivity contribution in [1.82, 2.24) is 9.66 Å². The smallest absolute Gasteiger partial charge is 0.282 e. The van der Waals surface area contributed by atoms with Gasteiger partial charge in [-0.3, -0.25) is 4.79 Å². The number of para-hydroxylation sites is 2. The quantitative estimate of drug-likeness (QED) is 0.185. The summed E-state index contributed by atoms with van der Waals surface area (Å²) in [5.74, 6) is 1.60. The Balaban J connectivity index is 1.65. The van der Waals surface area contributed by atoms with E-state index < -0.39 is 0 Å². The molecule has 0 aliphatic rings. The topological polar surface area (TPSA) is 78.9 Å². The molecule has 0 bridgehead atoms. The number of rotatable bonds is 8. The van der Waals surface area contributed by atoms with E-state index in [0.29, 0.717) is 50.9 Å². The summed E-state index contributed by atoms with van der Waals surface area (Å²) in [7, 11) is 0. The Labute approximate surface area is 211 Å². The molecule has 0 aliphatic heterocycles. The molecule has 180 valence electrons. The number of fused-ring (bicyclic) bond motifs is 2. The molecule has 0 aliphatic carbocycles. The van der Waals surface area contributed by atoms with Gasteiger partial charge in [0.1, 0.15) is 12.2 Å². The molecule has 0 amide bonds. The summed E-state index contributed by atoms with van der Waals surface area (Å²) in [6, 6.07) is 20.0. The molecule has 0 spiro atoms. The van der Waals surface area contributed by atoms with Gasteiger partial charge < -0.3 is 13.9 Å². The van der Waals surface area contributed by atoms with Crippen LogP contribution in [0.3, 0.4) is 0 Å². The van der Waals surface area contributed by atoms with Crippen LogP contribution in [0, 0.1) is 0 Å². The van der Waals surface area contributed by atoms with Crippen molar-refractivity contribution in [2.24, 2.45) is 5.10 Å². The second-order valence-electron chi connectivity index (χ2n) is 7.83. The van der Waals surface area contributed by atoms with Gasteiger partial charge in [0.25, 0.3) is 5.56 Å². The van der Waals surface area contributed by atoms with E-state index in [-0.39, 0.29) is 18.0 Å². The van der Waals surface area contributed by atoms with Crippen molar-refractivity contribution >= 4 is 39.7 Å². The molecule has 0 fully saturated rings. The standard InChI is InChI=1S/C28H22ClN3O4/c1-3-13-35-26-21(29)14-18(15-24(26)34-4-2)17-30-32-27(25-16-19-9-5-8-12-23(19)36-25)31-22-11-7-6-10-20(22)28(32)33/h3,5-12,14-17H,1,4,13H2,2H3. The fourth-order valence-electron chi connectivity index (χ4n) is 3.81. The number of hydrogen-bond acceptors (Lipinski definition) is 6. The summed E-state index contributed by atoms with van der Waals surface area (Å²) < 4.78 is 18.6. The van der Waals surface area contributed by atoms with Gasteiger partial charge in [0.2, 0.25) is 5.82 Å². The zero-order valence-corrected chi connectivity index (χ0v) is 20.2. The first-order chi connectivity index (χ1) is 17.6. The van der Waals surface area contributed by atoms with Crippen molar-refractivity contribution < 1.29 is 13.9 Å². The van der Waals surface area contributed by atoms with Gasteiger partial charge in [0, 0.05) is 5.39 Å². The largest absolute Gasteiger partial charge is 0.490 e. The molecular weight excluding hydrogens is 478 g/mol. The van der Waals surface area contributed by atoms with E-state index in [9.17, 15) is 4.79 Å². The number of benzene rings is 3. The second kappa shape index (κ2) is 10.1. The molecule has 5 aromatic rings. The summed E-state index contributed by atoms with van der Waals surface area (Å²) in [6.07, 6.45) is 3.15. The van der Waals surface area contributed by atoms with E-state index in [1.807, 2.05) is 43.3 Å². The summed E-state index contributed by atoms with van der Waals surface area (Å²) in [4.78, 5) is 18.2. The van der Waals surface area contributed by atoms with Gasteiger partial charge in [0.15, 0.2) is 17.3 Å². The number of hydrogen-bond donors (Lipinski definition) is 0. The molecule has 0 atom stereocenters. The van der Waals surface area contributed by atoms with Crippen LogP contribution in [0.2, 0.25) is 5.02 Å². The van der Waals surface area contributed by atoms with Crippen molar-refractivity contribution in [3.8, 4) is 23.1 Å². The maximum Gasteiger partial charge on any atom is 0.282 e. The third-order valence-corrected chi connectivity index (χ3v) is 5.68. The van der Waals surface area contributed by atoms with Crippen molar-refractivity contribution in [3.63, 3.8) is 0 Å². The maximum atomic E-state index is 13.5. The van der Waals surface area contributed by atoms with E-state index >= 15 is 0 Å². The Kier molecular flexibility index (Phi) is 6.56. The minimum absolute atomic E-state index is 0.284. The molecule has 36 heavy (non-hydrogen) atoms. The van der Waals surface area contributed by atoms with E-state index in [0.717, 1.165) is 5.39 Å². The highest BCUT2D eigenvalue weighted by molar-refractivity contribution is 6.32. The predicted octanol–water partition coefficient (Wildman–Crippen LogP) is 6.31. The summed E-state index contributed by atoms with van der Waals surface area (Å²) in [5.41, 5.74) is 1.53. The highest BCUT2D eigenvalue weighted by Gasteiger charge is 2.17. The predicted molar refractivity (Wildman–Crippen MR) is 143 cm³/mol. The van der Waals surface area contributed by atoms with Crippen LogP contribution in [0.15, 0.2) is 93.7 Å². The minimum atomic E-state index is -0.325. The monoisotopic (exact) mass is 499 g/mol. The third kappa shape index (κ3) is 4.48. The molecule has 0 unspecified atom stereocenters. The molecule has 5 rings (SSSR count). The number of aromatic nitrogens is 2. The van der Waals surface area contributed by atoms with Crippen LogP contribution in [-0.4, -0.2) is 29.1 Å². The zero-order valence-electron chi connectivity index (χ0n) is 19.5. The first kappa shape index (κ1) is 23.4. The molecule has 0 N–H and O–H groups in total. The molecule has 2 aromatic heterocycles. The average molecular weight is 500 g/mol. The number of ether oxygens (including phenoxy) is 2. The molecule has 7 nitrogen and oxygen atoms in total. The first-order valence-corrected chi connectivity index (χ1v) is 11.7. The van der Waals surface area contributed by atoms with Crippen LogP contribution in [0.25, 0.3) is 33.5 Å².